The smallest absolute Gasteiger partial charge is 0.0911 e. The molecule has 0 saturated carbocycles. The first-order valence-electron chi connectivity index (χ1n) is 14.0. The summed E-state index contributed by atoms with van der Waals surface area (Å²) in [6.45, 7) is 4.56. The summed E-state index contributed by atoms with van der Waals surface area (Å²) in [4.78, 5) is 2.74. The van der Waals surface area contributed by atoms with E-state index in [1.165, 1.54) is 81.8 Å². The molecule has 2 heteroatoms. The normalized spacial score (nSPS) is 12.6. The Morgan fingerprint density at radius 1 is 0.425 bits per heavy atom. The summed E-state index contributed by atoms with van der Waals surface area (Å²) < 4.78 is 0. The van der Waals surface area contributed by atoms with Crippen molar-refractivity contribution in [3.05, 3.63) is 139 Å². The first-order chi connectivity index (χ1) is 19.6. The van der Waals surface area contributed by atoms with Crippen LogP contribution >= 0.6 is 11.8 Å². The van der Waals surface area contributed by atoms with E-state index < -0.39 is 0 Å². The number of hydrogen-bond acceptors (Lipinski definition) is 1. The maximum Gasteiger partial charge on any atom is 0.245 e. The third-order valence-corrected chi connectivity index (χ3v) is 9.64. The Balaban J connectivity index is 1.33. The van der Waals surface area contributed by atoms with Gasteiger partial charge in [0.25, 0.3) is 0 Å². The van der Waals surface area contributed by atoms with Crippen LogP contribution in [0.25, 0.3) is 44.5 Å². The summed E-state index contributed by atoms with van der Waals surface area (Å²) in [7, 11) is 0. The highest BCUT2D eigenvalue weighted by molar-refractivity contribution is 8.00. The molecule has 0 bridgehead atoms. The SMILES string of the molecule is Cc1ccc(-c2ccc3c(c2)Sc2cc(-c4ccccc4)cc4c2B3c2ccc(-c3ccc(C)cc3)cc2-4)cc1. The lowest BCUT2D eigenvalue weighted by Gasteiger charge is -2.25. The molecule has 2 aliphatic heterocycles. The van der Waals surface area contributed by atoms with Crippen LogP contribution in [0.2, 0.25) is 0 Å². The lowest BCUT2D eigenvalue weighted by atomic mass is 9.38. The van der Waals surface area contributed by atoms with Gasteiger partial charge in [0.2, 0.25) is 6.71 Å². The van der Waals surface area contributed by atoms with Gasteiger partial charge in [0, 0.05) is 9.79 Å². The molecule has 0 amide bonds. The molecule has 188 valence electrons. The van der Waals surface area contributed by atoms with E-state index in [-0.39, 0.29) is 6.71 Å². The van der Waals surface area contributed by atoms with E-state index in [1.807, 2.05) is 11.8 Å². The number of hydrogen-bond donors (Lipinski definition) is 0. The Morgan fingerprint density at radius 2 is 0.950 bits per heavy atom. The van der Waals surface area contributed by atoms with Crippen LogP contribution in [0.4, 0.5) is 0 Å². The number of benzene rings is 6. The zero-order chi connectivity index (χ0) is 26.8. The Bertz CT molecular complexity index is 1920. The van der Waals surface area contributed by atoms with Crippen molar-refractivity contribution < 1.29 is 0 Å². The molecule has 8 rings (SSSR count). The molecule has 0 aliphatic carbocycles. The van der Waals surface area contributed by atoms with Crippen molar-refractivity contribution in [1.82, 2.24) is 0 Å². The standard InChI is InChI=1S/C38H27BS/c1-24-8-12-27(13-9-24)29-16-18-34-32(20-29)33-21-31(26-6-4-3-5-7-26)23-37-38(33)39(34)35-19-17-30(22-36(35)40-37)28-14-10-25(2)11-15-28/h3-23H,1-2H3. The average molecular weight is 527 g/mol. The molecular weight excluding hydrogens is 499 g/mol. The molecule has 0 unspecified atom stereocenters. The summed E-state index contributed by atoms with van der Waals surface area (Å²) in [5, 5.41) is 0. The maximum atomic E-state index is 2.43. The van der Waals surface area contributed by atoms with E-state index in [1.54, 1.807) is 0 Å². The average Bonchev–Trinajstić information content (AvgIpc) is 3.33. The topological polar surface area (TPSA) is 0 Å². The Kier molecular flexibility index (Phi) is 5.40. The molecule has 2 aliphatic rings. The number of rotatable bonds is 3. The van der Waals surface area contributed by atoms with Crippen molar-refractivity contribution in [2.24, 2.45) is 0 Å². The van der Waals surface area contributed by atoms with Gasteiger partial charge in [-0.1, -0.05) is 137 Å². The van der Waals surface area contributed by atoms with E-state index in [2.05, 4.69) is 141 Å². The van der Waals surface area contributed by atoms with E-state index in [0.29, 0.717) is 0 Å². The van der Waals surface area contributed by atoms with E-state index >= 15 is 0 Å². The van der Waals surface area contributed by atoms with Gasteiger partial charge in [-0.3, -0.25) is 0 Å². The Morgan fingerprint density at radius 3 is 1.62 bits per heavy atom. The largest absolute Gasteiger partial charge is 0.245 e. The molecule has 0 saturated heterocycles. The van der Waals surface area contributed by atoms with E-state index in [4.69, 9.17) is 0 Å². The fourth-order valence-electron chi connectivity index (χ4n) is 6.38. The van der Waals surface area contributed by atoms with Crippen molar-refractivity contribution in [2.45, 2.75) is 23.6 Å². The highest BCUT2D eigenvalue weighted by Gasteiger charge is 2.40. The molecule has 2 heterocycles. The van der Waals surface area contributed by atoms with Crippen LogP contribution < -0.4 is 16.4 Å². The van der Waals surface area contributed by atoms with Crippen LogP contribution in [0, 0.1) is 13.8 Å². The van der Waals surface area contributed by atoms with Gasteiger partial charge in [0.05, 0.1) is 0 Å². The Hall–Kier alpha value is -4.27. The van der Waals surface area contributed by atoms with Gasteiger partial charge in [-0.15, -0.1) is 0 Å². The molecule has 0 N–H and O–H groups in total. The van der Waals surface area contributed by atoms with Crippen LogP contribution in [0.3, 0.4) is 0 Å². The zero-order valence-corrected chi connectivity index (χ0v) is 23.4. The fraction of sp³-hybridized carbons (Fsp3) is 0.0526. The van der Waals surface area contributed by atoms with Gasteiger partial charge in [-0.05, 0) is 88.1 Å². The lowest BCUT2D eigenvalue weighted by molar-refractivity contribution is 1.42. The van der Waals surface area contributed by atoms with Gasteiger partial charge in [-0.2, -0.15) is 0 Å². The minimum atomic E-state index is 0.264. The summed E-state index contributed by atoms with van der Waals surface area (Å²) >= 11 is 1.93. The van der Waals surface area contributed by atoms with Crippen molar-refractivity contribution in [2.75, 3.05) is 0 Å². The lowest BCUT2D eigenvalue weighted by Crippen LogP contribution is -2.52. The van der Waals surface area contributed by atoms with Crippen LogP contribution in [0.1, 0.15) is 11.1 Å². The molecule has 6 aromatic carbocycles. The third-order valence-electron chi connectivity index (χ3n) is 8.51. The van der Waals surface area contributed by atoms with Gasteiger partial charge < -0.3 is 0 Å². The highest BCUT2D eigenvalue weighted by atomic mass is 32.2. The molecule has 0 radical (unpaired) electrons. The number of fused-ring (bicyclic) bond motifs is 5. The summed E-state index contributed by atoms with van der Waals surface area (Å²) in [5.41, 5.74) is 17.3. The second-order valence-corrected chi connectivity index (χ2v) is 12.2. The first kappa shape index (κ1) is 23.6. The molecule has 0 atom stereocenters. The van der Waals surface area contributed by atoms with Gasteiger partial charge in [-0.25, -0.2) is 0 Å². The summed E-state index contributed by atoms with van der Waals surface area (Å²) in [6, 6.07) is 47.7. The number of aryl methyl sites for hydroxylation is 2. The minimum absolute atomic E-state index is 0.264. The van der Waals surface area contributed by atoms with E-state index in [0.717, 1.165) is 0 Å². The minimum Gasteiger partial charge on any atom is -0.0911 e. The Labute approximate surface area is 240 Å². The first-order valence-corrected chi connectivity index (χ1v) is 14.8. The fourth-order valence-corrected chi connectivity index (χ4v) is 7.63. The summed E-state index contributed by atoms with van der Waals surface area (Å²) in [6.07, 6.45) is 0. The van der Waals surface area contributed by atoms with Gasteiger partial charge in [0.1, 0.15) is 0 Å². The molecule has 0 spiro atoms. The van der Waals surface area contributed by atoms with Crippen LogP contribution in [-0.4, -0.2) is 6.71 Å². The second-order valence-electron chi connectivity index (χ2n) is 11.1. The zero-order valence-electron chi connectivity index (χ0n) is 22.6. The summed E-state index contributed by atoms with van der Waals surface area (Å²) in [5.74, 6) is 0. The van der Waals surface area contributed by atoms with Crippen molar-refractivity contribution in [3.63, 3.8) is 0 Å². The monoisotopic (exact) mass is 526 g/mol. The maximum absolute atomic E-state index is 2.43. The molecular formula is C38H27BS. The molecule has 40 heavy (non-hydrogen) atoms. The van der Waals surface area contributed by atoms with E-state index in [9.17, 15) is 0 Å². The van der Waals surface area contributed by atoms with Crippen molar-refractivity contribution >= 4 is 34.9 Å². The van der Waals surface area contributed by atoms with Crippen molar-refractivity contribution in [3.8, 4) is 44.5 Å². The van der Waals surface area contributed by atoms with Crippen LogP contribution in [0.15, 0.2) is 137 Å². The second kappa shape index (κ2) is 9.15. The molecule has 0 fully saturated rings. The predicted molar refractivity (Wildman–Crippen MR) is 173 cm³/mol. The van der Waals surface area contributed by atoms with Gasteiger partial charge in [0.15, 0.2) is 0 Å². The third kappa shape index (κ3) is 3.78. The highest BCUT2D eigenvalue weighted by Crippen LogP contribution is 2.41. The van der Waals surface area contributed by atoms with Gasteiger partial charge >= 0.3 is 0 Å². The van der Waals surface area contributed by atoms with Crippen LogP contribution in [0.5, 0.6) is 0 Å². The predicted octanol–water partition coefficient (Wildman–Crippen LogP) is 8.27. The van der Waals surface area contributed by atoms with Crippen molar-refractivity contribution in [1.29, 1.82) is 0 Å². The molecule has 0 nitrogen and oxygen atoms in total. The quantitative estimate of drug-likeness (QED) is 0.209. The molecule has 6 aromatic rings. The molecule has 0 aromatic heterocycles. The van der Waals surface area contributed by atoms with Crippen LogP contribution in [-0.2, 0) is 0 Å².